The summed E-state index contributed by atoms with van der Waals surface area (Å²) < 4.78 is 3.64. The highest BCUT2D eigenvalue weighted by Gasteiger charge is 2.13. The van der Waals surface area contributed by atoms with E-state index in [1.165, 1.54) is 0 Å². The van der Waals surface area contributed by atoms with Gasteiger partial charge < -0.3 is 4.98 Å². The van der Waals surface area contributed by atoms with Crippen molar-refractivity contribution >= 4 is 21.9 Å². The third kappa shape index (κ3) is 3.14. The number of benzene rings is 1. The molecule has 5 heterocycles. The van der Waals surface area contributed by atoms with Crippen molar-refractivity contribution in [2.24, 2.45) is 7.05 Å². The van der Waals surface area contributed by atoms with E-state index >= 15 is 0 Å². The lowest BCUT2D eigenvalue weighted by Crippen LogP contribution is -2.00. The van der Waals surface area contributed by atoms with Crippen molar-refractivity contribution in [3.05, 3.63) is 79.1 Å². The SMILES string of the molecule is Cn1cc(-c2cnc3[nH]cc(-c4cn(Cc5ccc6ncccc6c5)nn4)c3c2)cn1. The summed E-state index contributed by atoms with van der Waals surface area (Å²) in [4.78, 5) is 12.2. The Labute approximate surface area is 177 Å². The van der Waals surface area contributed by atoms with Crippen LogP contribution in [-0.2, 0) is 13.6 Å². The fourth-order valence-electron chi connectivity index (χ4n) is 3.85. The Balaban J connectivity index is 1.33. The molecule has 0 atom stereocenters. The van der Waals surface area contributed by atoms with E-state index in [1.807, 2.05) is 61.0 Å². The Kier molecular flexibility index (Phi) is 3.89. The first-order valence-electron chi connectivity index (χ1n) is 9.93. The summed E-state index contributed by atoms with van der Waals surface area (Å²) in [6.45, 7) is 0.638. The van der Waals surface area contributed by atoms with Crippen LogP contribution in [0.1, 0.15) is 5.56 Å². The lowest BCUT2D eigenvalue weighted by atomic mass is 10.1. The number of nitrogens with zero attached hydrogens (tertiary/aromatic N) is 7. The number of hydrogen-bond acceptors (Lipinski definition) is 5. The highest BCUT2D eigenvalue weighted by Crippen LogP contribution is 2.29. The number of fused-ring (bicyclic) bond motifs is 2. The molecule has 0 radical (unpaired) electrons. The maximum Gasteiger partial charge on any atom is 0.137 e. The Morgan fingerprint density at radius 1 is 1.00 bits per heavy atom. The van der Waals surface area contributed by atoms with Crippen LogP contribution in [0.3, 0.4) is 0 Å². The van der Waals surface area contributed by atoms with E-state index in [0.717, 1.165) is 49.9 Å². The maximum absolute atomic E-state index is 4.56. The standard InChI is InChI=1S/C23H18N8/c1-30-13-18(10-27-30)17-8-19-20(11-26-23(19)25-9-17)22-14-31(29-28-22)12-15-4-5-21-16(7-15)3-2-6-24-21/h2-11,13-14H,12H2,1H3,(H,25,26). The van der Waals surface area contributed by atoms with Gasteiger partial charge >= 0.3 is 0 Å². The van der Waals surface area contributed by atoms with Gasteiger partial charge in [0.05, 0.1) is 24.5 Å². The summed E-state index contributed by atoms with van der Waals surface area (Å²) in [5.74, 6) is 0. The third-order valence-electron chi connectivity index (χ3n) is 5.40. The van der Waals surface area contributed by atoms with E-state index in [-0.39, 0.29) is 0 Å². The molecular formula is C23H18N8. The van der Waals surface area contributed by atoms with Gasteiger partial charge in [-0.3, -0.25) is 9.67 Å². The molecule has 0 amide bonds. The highest BCUT2D eigenvalue weighted by atomic mass is 15.4. The average molecular weight is 406 g/mol. The van der Waals surface area contributed by atoms with Crippen LogP contribution in [0.5, 0.6) is 0 Å². The van der Waals surface area contributed by atoms with Gasteiger partial charge in [-0.25, -0.2) is 9.67 Å². The Morgan fingerprint density at radius 2 is 1.97 bits per heavy atom. The van der Waals surface area contributed by atoms with Crippen LogP contribution in [0.15, 0.2) is 73.6 Å². The lowest BCUT2D eigenvalue weighted by Gasteiger charge is -2.03. The lowest BCUT2D eigenvalue weighted by molar-refractivity contribution is 0.650. The summed E-state index contributed by atoms with van der Waals surface area (Å²) in [7, 11) is 1.90. The minimum absolute atomic E-state index is 0.638. The van der Waals surface area contributed by atoms with Gasteiger partial charge in [-0.2, -0.15) is 5.10 Å². The molecule has 0 aliphatic heterocycles. The minimum Gasteiger partial charge on any atom is -0.345 e. The molecule has 0 aliphatic carbocycles. The molecule has 1 N–H and O–H groups in total. The first-order valence-corrected chi connectivity index (χ1v) is 9.93. The third-order valence-corrected chi connectivity index (χ3v) is 5.40. The quantitative estimate of drug-likeness (QED) is 0.481. The summed E-state index contributed by atoms with van der Waals surface area (Å²) in [6, 6.07) is 12.4. The molecule has 0 fully saturated rings. The normalized spacial score (nSPS) is 11.5. The monoisotopic (exact) mass is 406 g/mol. The van der Waals surface area contributed by atoms with E-state index in [2.05, 4.69) is 54.6 Å². The van der Waals surface area contributed by atoms with Crippen LogP contribution < -0.4 is 0 Å². The first-order chi connectivity index (χ1) is 15.2. The molecule has 6 rings (SSSR count). The Bertz CT molecular complexity index is 1540. The number of rotatable bonds is 4. The second-order valence-corrected chi connectivity index (χ2v) is 7.56. The predicted octanol–water partition coefficient (Wildman–Crippen LogP) is 3.82. The van der Waals surface area contributed by atoms with E-state index < -0.39 is 0 Å². The molecule has 0 aliphatic rings. The molecular weight excluding hydrogens is 388 g/mol. The minimum atomic E-state index is 0.638. The second kappa shape index (κ2) is 6.88. The van der Waals surface area contributed by atoms with E-state index in [9.17, 15) is 0 Å². The van der Waals surface area contributed by atoms with Gasteiger partial charge in [0.25, 0.3) is 0 Å². The second-order valence-electron chi connectivity index (χ2n) is 7.56. The van der Waals surface area contributed by atoms with Crippen LogP contribution in [-0.4, -0.2) is 39.7 Å². The molecule has 31 heavy (non-hydrogen) atoms. The van der Waals surface area contributed by atoms with Crippen molar-refractivity contribution in [2.45, 2.75) is 6.54 Å². The summed E-state index contributed by atoms with van der Waals surface area (Å²) in [5, 5.41) is 15.1. The van der Waals surface area contributed by atoms with E-state index in [4.69, 9.17) is 0 Å². The van der Waals surface area contributed by atoms with E-state index in [1.54, 1.807) is 4.68 Å². The smallest absolute Gasteiger partial charge is 0.137 e. The van der Waals surface area contributed by atoms with Crippen LogP contribution in [0.4, 0.5) is 0 Å². The number of aryl methyl sites for hydroxylation is 1. The van der Waals surface area contributed by atoms with Crippen molar-refractivity contribution in [1.82, 2.24) is 39.7 Å². The number of aromatic amines is 1. The molecule has 0 bridgehead atoms. The van der Waals surface area contributed by atoms with Crippen molar-refractivity contribution in [1.29, 1.82) is 0 Å². The number of aromatic nitrogens is 8. The molecule has 1 aromatic carbocycles. The number of H-pyrrole nitrogens is 1. The number of hydrogen-bond donors (Lipinski definition) is 1. The summed E-state index contributed by atoms with van der Waals surface area (Å²) in [6.07, 6.45) is 11.4. The van der Waals surface area contributed by atoms with Crippen LogP contribution >= 0.6 is 0 Å². The van der Waals surface area contributed by atoms with Crippen LogP contribution in [0.2, 0.25) is 0 Å². The van der Waals surface area contributed by atoms with E-state index in [0.29, 0.717) is 6.54 Å². The first kappa shape index (κ1) is 17.5. The zero-order valence-corrected chi connectivity index (χ0v) is 16.8. The zero-order valence-electron chi connectivity index (χ0n) is 16.8. The summed E-state index contributed by atoms with van der Waals surface area (Å²) >= 11 is 0. The van der Waals surface area contributed by atoms with Gasteiger partial charge in [0, 0.05) is 59.3 Å². The topological polar surface area (TPSA) is 90.1 Å². The molecule has 6 aromatic rings. The fraction of sp³-hybridized carbons (Fsp3) is 0.0870. The van der Waals surface area contributed by atoms with Crippen LogP contribution in [0, 0.1) is 0 Å². The van der Waals surface area contributed by atoms with Gasteiger partial charge in [0.2, 0.25) is 0 Å². The molecule has 150 valence electrons. The fourth-order valence-corrected chi connectivity index (χ4v) is 3.85. The van der Waals surface area contributed by atoms with Crippen LogP contribution in [0.25, 0.3) is 44.3 Å². The highest BCUT2D eigenvalue weighted by molar-refractivity contribution is 5.94. The van der Waals surface area contributed by atoms with Crippen molar-refractivity contribution in [3.63, 3.8) is 0 Å². The molecule has 0 unspecified atom stereocenters. The number of nitrogens with one attached hydrogen (secondary N) is 1. The van der Waals surface area contributed by atoms with Gasteiger partial charge in [-0.1, -0.05) is 17.3 Å². The molecule has 0 saturated carbocycles. The van der Waals surface area contributed by atoms with Crippen molar-refractivity contribution in [3.8, 4) is 22.4 Å². The van der Waals surface area contributed by atoms with Gasteiger partial charge in [0.15, 0.2) is 0 Å². The van der Waals surface area contributed by atoms with Crippen molar-refractivity contribution in [2.75, 3.05) is 0 Å². The molecule has 5 aromatic heterocycles. The Morgan fingerprint density at radius 3 is 2.87 bits per heavy atom. The average Bonchev–Trinajstić information content (AvgIpc) is 3.53. The largest absolute Gasteiger partial charge is 0.345 e. The number of pyridine rings is 2. The van der Waals surface area contributed by atoms with Gasteiger partial charge in [-0.15, -0.1) is 5.10 Å². The molecule has 0 spiro atoms. The molecule has 8 heteroatoms. The zero-order chi connectivity index (χ0) is 20.8. The van der Waals surface area contributed by atoms with Gasteiger partial charge in [-0.05, 0) is 29.8 Å². The maximum atomic E-state index is 4.56. The van der Waals surface area contributed by atoms with Crippen molar-refractivity contribution < 1.29 is 0 Å². The predicted molar refractivity (Wildman–Crippen MR) is 118 cm³/mol. The molecule has 8 nitrogen and oxygen atoms in total. The summed E-state index contributed by atoms with van der Waals surface area (Å²) in [5.41, 5.74) is 6.77. The molecule has 0 saturated heterocycles. The van der Waals surface area contributed by atoms with Gasteiger partial charge in [0.1, 0.15) is 11.3 Å². The Hall–Kier alpha value is -4.33.